The fourth-order valence-corrected chi connectivity index (χ4v) is 5.56. The molecular formula is C18H28N4O2S. The van der Waals surface area contributed by atoms with Crippen LogP contribution in [-0.2, 0) is 9.53 Å². The van der Waals surface area contributed by atoms with Crippen LogP contribution in [0.15, 0.2) is 6.20 Å². The average molecular weight is 365 g/mol. The van der Waals surface area contributed by atoms with E-state index in [1.165, 1.54) is 30.6 Å². The first-order valence-corrected chi connectivity index (χ1v) is 10.3. The van der Waals surface area contributed by atoms with Gasteiger partial charge >= 0.3 is 0 Å². The van der Waals surface area contributed by atoms with Gasteiger partial charge in [-0.1, -0.05) is 6.42 Å². The van der Waals surface area contributed by atoms with Crippen molar-refractivity contribution in [3.05, 3.63) is 11.1 Å². The van der Waals surface area contributed by atoms with Crippen molar-refractivity contribution in [2.45, 2.75) is 32.2 Å². The number of fused-ring (bicyclic) bond motifs is 2. The first kappa shape index (κ1) is 17.4. The summed E-state index contributed by atoms with van der Waals surface area (Å²) < 4.78 is 5.53. The molecule has 1 aromatic heterocycles. The highest BCUT2D eigenvalue weighted by molar-refractivity contribution is 7.15. The summed E-state index contributed by atoms with van der Waals surface area (Å²) in [5.74, 6) is 1.46. The number of hydrogen-bond acceptors (Lipinski definition) is 6. The van der Waals surface area contributed by atoms with Crippen molar-refractivity contribution in [1.82, 2.24) is 14.8 Å². The van der Waals surface area contributed by atoms with Gasteiger partial charge in [0.25, 0.3) is 0 Å². The zero-order valence-corrected chi connectivity index (χ0v) is 15.8. The minimum absolute atomic E-state index is 0.0669. The van der Waals surface area contributed by atoms with Crippen LogP contribution in [0.5, 0.6) is 0 Å². The number of carbonyl (C=O) groups excluding carboxylic acids is 1. The molecule has 2 atom stereocenters. The van der Waals surface area contributed by atoms with E-state index >= 15 is 0 Å². The zero-order valence-electron chi connectivity index (χ0n) is 14.9. The summed E-state index contributed by atoms with van der Waals surface area (Å²) in [6, 6.07) is 0.693. The molecule has 1 N–H and O–H groups in total. The predicted molar refractivity (Wildman–Crippen MR) is 98.9 cm³/mol. The van der Waals surface area contributed by atoms with Gasteiger partial charge in [-0.05, 0) is 31.6 Å². The van der Waals surface area contributed by atoms with E-state index in [9.17, 15) is 4.79 Å². The Labute approximate surface area is 153 Å². The van der Waals surface area contributed by atoms with Crippen molar-refractivity contribution in [2.75, 3.05) is 51.3 Å². The molecule has 138 valence electrons. The Morgan fingerprint density at radius 3 is 2.68 bits per heavy atom. The van der Waals surface area contributed by atoms with Gasteiger partial charge in [0.1, 0.15) is 0 Å². The van der Waals surface area contributed by atoms with Crippen molar-refractivity contribution in [3.63, 3.8) is 0 Å². The fraction of sp³-hybridized carbons (Fsp3) is 0.778. The second-order valence-corrected chi connectivity index (χ2v) is 8.84. The Bertz CT molecular complexity index is 588. The van der Waals surface area contributed by atoms with Crippen molar-refractivity contribution < 1.29 is 9.53 Å². The third kappa shape index (κ3) is 4.05. The molecule has 3 fully saturated rings. The Balaban J connectivity index is 1.35. The SMILES string of the molecule is Cc1cnc(NC(=O)CN2CC3CCCC(C2)C3N2CCOCC2)s1. The maximum atomic E-state index is 12.4. The smallest absolute Gasteiger partial charge is 0.240 e. The van der Waals surface area contributed by atoms with Crippen LogP contribution in [0.1, 0.15) is 24.1 Å². The largest absolute Gasteiger partial charge is 0.379 e. The maximum Gasteiger partial charge on any atom is 0.240 e. The van der Waals surface area contributed by atoms with Crippen molar-refractivity contribution in [3.8, 4) is 0 Å². The van der Waals surface area contributed by atoms with Gasteiger partial charge in [-0.2, -0.15) is 0 Å². The number of thiazole rings is 1. The number of aryl methyl sites for hydroxylation is 1. The van der Waals surface area contributed by atoms with Crippen LogP contribution in [0, 0.1) is 18.8 Å². The van der Waals surface area contributed by atoms with E-state index in [0.717, 1.165) is 44.3 Å². The normalized spacial score (nSPS) is 31.0. The van der Waals surface area contributed by atoms with E-state index < -0.39 is 0 Å². The third-order valence-corrected chi connectivity index (χ3v) is 6.63. The molecule has 3 aliphatic rings. The lowest BCUT2D eigenvalue weighted by molar-refractivity contribution is -0.119. The van der Waals surface area contributed by atoms with Gasteiger partial charge in [0.05, 0.1) is 19.8 Å². The topological polar surface area (TPSA) is 57.7 Å². The summed E-state index contributed by atoms with van der Waals surface area (Å²) in [5, 5.41) is 3.66. The molecule has 0 radical (unpaired) electrons. The molecule has 4 rings (SSSR count). The molecule has 1 aromatic rings. The molecule has 1 saturated carbocycles. The molecular weight excluding hydrogens is 336 g/mol. The quantitative estimate of drug-likeness (QED) is 0.883. The van der Waals surface area contributed by atoms with E-state index in [0.29, 0.717) is 29.6 Å². The monoisotopic (exact) mass is 364 g/mol. The maximum absolute atomic E-state index is 12.4. The van der Waals surface area contributed by atoms with Crippen LogP contribution in [0.4, 0.5) is 5.13 Å². The Morgan fingerprint density at radius 2 is 2.04 bits per heavy atom. The van der Waals surface area contributed by atoms with Crippen LogP contribution < -0.4 is 5.32 Å². The lowest BCUT2D eigenvalue weighted by atomic mass is 9.72. The van der Waals surface area contributed by atoms with Crippen LogP contribution in [-0.4, -0.2) is 72.7 Å². The van der Waals surface area contributed by atoms with Gasteiger partial charge in [-0.15, -0.1) is 11.3 Å². The number of nitrogens with one attached hydrogen (secondary N) is 1. The number of hydrogen-bond donors (Lipinski definition) is 1. The predicted octanol–water partition coefficient (Wildman–Crippen LogP) is 1.82. The molecule has 0 aromatic carbocycles. The molecule has 1 amide bonds. The highest BCUT2D eigenvalue weighted by atomic mass is 32.1. The summed E-state index contributed by atoms with van der Waals surface area (Å²) in [5.41, 5.74) is 0. The minimum Gasteiger partial charge on any atom is -0.379 e. The Kier molecular flexibility index (Phi) is 5.36. The number of amides is 1. The summed E-state index contributed by atoms with van der Waals surface area (Å²) in [6.45, 7) is 8.46. The van der Waals surface area contributed by atoms with Gasteiger partial charge < -0.3 is 10.1 Å². The number of ether oxygens (including phenoxy) is 1. The van der Waals surface area contributed by atoms with E-state index in [1.54, 1.807) is 6.20 Å². The van der Waals surface area contributed by atoms with Crippen LogP contribution in [0.3, 0.4) is 0 Å². The number of aromatic nitrogens is 1. The fourth-order valence-electron chi connectivity index (χ4n) is 4.88. The van der Waals surface area contributed by atoms with Gasteiger partial charge in [0, 0.05) is 43.3 Å². The summed E-state index contributed by atoms with van der Waals surface area (Å²) in [4.78, 5) is 22.8. The molecule has 2 unspecified atom stereocenters. The molecule has 6 nitrogen and oxygen atoms in total. The standard InChI is InChI=1S/C18H28N4O2S/c1-13-9-19-18(25-13)20-16(23)12-21-10-14-3-2-4-15(11-21)17(14)22-5-7-24-8-6-22/h9,14-15,17H,2-8,10-12H2,1H3,(H,19,20,23). The van der Waals surface area contributed by atoms with Crippen LogP contribution >= 0.6 is 11.3 Å². The number of carbonyl (C=O) groups is 1. The van der Waals surface area contributed by atoms with Gasteiger partial charge in [-0.3, -0.25) is 14.6 Å². The van der Waals surface area contributed by atoms with Crippen LogP contribution in [0.25, 0.3) is 0 Å². The molecule has 2 aliphatic heterocycles. The Hall–Kier alpha value is -1.02. The first-order chi connectivity index (χ1) is 12.2. The number of piperidine rings is 1. The summed E-state index contributed by atoms with van der Waals surface area (Å²) in [6.07, 6.45) is 5.73. The summed E-state index contributed by atoms with van der Waals surface area (Å²) >= 11 is 1.53. The number of rotatable bonds is 4. The van der Waals surface area contributed by atoms with E-state index in [2.05, 4.69) is 20.1 Å². The van der Waals surface area contributed by atoms with Crippen molar-refractivity contribution >= 4 is 22.4 Å². The van der Waals surface area contributed by atoms with Crippen molar-refractivity contribution in [2.24, 2.45) is 11.8 Å². The number of anilines is 1. The second kappa shape index (κ2) is 7.70. The molecule has 25 heavy (non-hydrogen) atoms. The zero-order chi connectivity index (χ0) is 17.2. The van der Waals surface area contributed by atoms with Gasteiger partial charge in [0.2, 0.25) is 5.91 Å². The minimum atomic E-state index is 0.0669. The lowest BCUT2D eigenvalue weighted by Gasteiger charge is -2.52. The molecule has 0 spiro atoms. The number of likely N-dealkylation sites (tertiary alicyclic amines) is 1. The molecule has 3 heterocycles. The lowest BCUT2D eigenvalue weighted by Crippen LogP contribution is -2.60. The van der Waals surface area contributed by atoms with Gasteiger partial charge in [0.15, 0.2) is 5.13 Å². The van der Waals surface area contributed by atoms with Crippen LogP contribution in [0.2, 0.25) is 0 Å². The first-order valence-electron chi connectivity index (χ1n) is 9.45. The number of morpholine rings is 1. The Morgan fingerprint density at radius 1 is 1.32 bits per heavy atom. The van der Waals surface area contributed by atoms with E-state index in [4.69, 9.17) is 4.74 Å². The average Bonchev–Trinajstić information content (AvgIpc) is 2.99. The third-order valence-electron chi connectivity index (χ3n) is 5.80. The van der Waals surface area contributed by atoms with E-state index in [1.807, 2.05) is 6.92 Å². The van der Waals surface area contributed by atoms with Gasteiger partial charge in [-0.25, -0.2) is 4.98 Å². The highest BCUT2D eigenvalue weighted by Crippen LogP contribution is 2.38. The van der Waals surface area contributed by atoms with Crippen molar-refractivity contribution in [1.29, 1.82) is 0 Å². The second-order valence-electron chi connectivity index (χ2n) is 7.61. The molecule has 2 bridgehead atoms. The molecule has 1 aliphatic carbocycles. The molecule has 2 saturated heterocycles. The van der Waals surface area contributed by atoms with E-state index in [-0.39, 0.29) is 5.91 Å². The highest BCUT2D eigenvalue weighted by Gasteiger charge is 2.42. The number of nitrogens with zero attached hydrogens (tertiary/aromatic N) is 3. The molecule has 7 heteroatoms. The summed E-state index contributed by atoms with van der Waals surface area (Å²) in [7, 11) is 0.